The predicted octanol–water partition coefficient (Wildman–Crippen LogP) is 7.32. The molecule has 0 nitrogen and oxygen atoms in total. The largest absolute Gasteiger partial charge is 0.106 e. The summed E-state index contributed by atoms with van der Waals surface area (Å²) < 4.78 is 0. The van der Waals surface area contributed by atoms with Gasteiger partial charge in [-0.25, -0.2) is 0 Å². The maximum Gasteiger partial charge on any atom is -0.00135 e. The van der Waals surface area contributed by atoms with E-state index in [0.717, 1.165) is 12.8 Å². The summed E-state index contributed by atoms with van der Waals surface area (Å²) in [7, 11) is 0. The molecule has 0 saturated carbocycles. The van der Waals surface area contributed by atoms with Crippen LogP contribution in [-0.4, -0.2) is 0 Å². The third-order valence-corrected chi connectivity index (χ3v) is 5.41. The summed E-state index contributed by atoms with van der Waals surface area (Å²) in [6.45, 7) is 6.00. The molecule has 0 saturated heterocycles. The molecular formula is C28H24. The Bertz CT molecular complexity index is 928. The van der Waals surface area contributed by atoms with Gasteiger partial charge in [0, 0.05) is 0 Å². The first-order valence-electron chi connectivity index (χ1n) is 9.72. The van der Waals surface area contributed by atoms with E-state index in [1.165, 1.54) is 44.5 Å². The summed E-state index contributed by atoms with van der Waals surface area (Å²) in [6, 6.07) is 34.6. The molecule has 0 bridgehead atoms. The van der Waals surface area contributed by atoms with E-state index in [2.05, 4.69) is 110 Å². The summed E-state index contributed by atoms with van der Waals surface area (Å²) in [5.74, 6) is 0. The summed E-state index contributed by atoms with van der Waals surface area (Å²) in [5.41, 5.74) is 11.5. The third kappa shape index (κ3) is 3.30. The fourth-order valence-electron chi connectivity index (χ4n) is 4.16. The molecule has 0 spiro atoms. The lowest BCUT2D eigenvalue weighted by Crippen LogP contribution is -1.77. The van der Waals surface area contributed by atoms with Crippen molar-refractivity contribution in [1.82, 2.24) is 0 Å². The zero-order chi connectivity index (χ0) is 19.3. The SMILES string of the molecule is C=C.c1ccc2c(c1)Cc1ccccc1-2.c1ccc2c(c1)Cc1ccccc1-2. The Balaban J connectivity index is 0.000000126. The molecule has 0 aromatic heterocycles. The molecule has 136 valence electrons. The van der Waals surface area contributed by atoms with E-state index in [4.69, 9.17) is 0 Å². The lowest BCUT2D eigenvalue weighted by Gasteiger charge is -1.98. The maximum atomic E-state index is 3.00. The summed E-state index contributed by atoms with van der Waals surface area (Å²) in [5, 5.41) is 0. The van der Waals surface area contributed by atoms with Crippen molar-refractivity contribution >= 4 is 0 Å². The Morgan fingerprint density at radius 2 is 0.571 bits per heavy atom. The third-order valence-electron chi connectivity index (χ3n) is 5.41. The molecule has 6 rings (SSSR count). The molecule has 0 heterocycles. The zero-order valence-corrected chi connectivity index (χ0v) is 16.1. The van der Waals surface area contributed by atoms with Crippen LogP contribution in [0.3, 0.4) is 0 Å². The molecule has 0 radical (unpaired) electrons. The van der Waals surface area contributed by atoms with Crippen molar-refractivity contribution in [1.29, 1.82) is 0 Å². The van der Waals surface area contributed by atoms with E-state index < -0.39 is 0 Å². The van der Waals surface area contributed by atoms with Crippen LogP contribution in [-0.2, 0) is 12.8 Å². The minimum atomic E-state index is 1.10. The minimum Gasteiger partial charge on any atom is -0.106 e. The highest BCUT2D eigenvalue weighted by Crippen LogP contribution is 2.36. The lowest BCUT2D eigenvalue weighted by atomic mass is 10.1. The second-order valence-corrected chi connectivity index (χ2v) is 6.98. The van der Waals surface area contributed by atoms with Gasteiger partial charge in [0.25, 0.3) is 0 Å². The van der Waals surface area contributed by atoms with Gasteiger partial charge in [-0.3, -0.25) is 0 Å². The van der Waals surface area contributed by atoms with Crippen LogP contribution in [0, 0.1) is 0 Å². The normalized spacial score (nSPS) is 11.6. The quantitative estimate of drug-likeness (QED) is 0.249. The van der Waals surface area contributed by atoms with Crippen LogP contribution in [0.4, 0.5) is 0 Å². The summed E-state index contributed by atoms with van der Waals surface area (Å²) in [6.07, 6.45) is 2.21. The first-order chi connectivity index (χ1) is 13.9. The van der Waals surface area contributed by atoms with Crippen molar-refractivity contribution in [2.24, 2.45) is 0 Å². The Labute approximate surface area is 167 Å². The van der Waals surface area contributed by atoms with Crippen molar-refractivity contribution in [3.05, 3.63) is 132 Å². The molecule has 0 fully saturated rings. The number of fused-ring (bicyclic) bond motifs is 6. The van der Waals surface area contributed by atoms with E-state index in [-0.39, 0.29) is 0 Å². The first-order valence-corrected chi connectivity index (χ1v) is 9.72. The van der Waals surface area contributed by atoms with Gasteiger partial charge < -0.3 is 0 Å². The Hall–Kier alpha value is -3.38. The average Bonchev–Trinajstić information content (AvgIpc) is 3.34. The minimum absolute atomic E-state index is 1.10. The van der Waals surface area contributed by atoms with E-state index in [1.54, 1.807) is 0 Å². The second-order valence-electron chi connectivity index (χ2n) is 6.98. The van der Waals surface area contributed by atoms with Gasteiger partial charge >= 0.3 is 0 Å². The fraction of sp³-hybridized carbons (Fsp3) is 0.0714. The van der Waals surface area contributed by atoms with Gasteiger partial charge in [0.05, 0.1) is 0 Å². The van der Waals surface area contributed by atoms with E-state index >= 15 is 0 Å². The van der Waals surface area contributed by atoms with Crippen molar-refractivity contribution in [2.45, 2.75) is 12.8 Å². The highest BCUT2D eigenvalue weighted by atomic mass is 14.2. The topological polar surface area (TPSA) is 0 Å². The molecule has 0 aliphatic heterocycles. The predicted molar refractivity (Wildman–Crippen MR) is 121 cm³/mol. The van der Waals surface area contributed by atoms with Gasteiger partial charge in [-0.05, 0) is 57.3 Å². The molecule has 0 heteroatoms. The zero-order valence-electron chi connectivity index (χ0n) is 16.1. The van der Waals surface area contributed by atoms with E-state index in [1.807, 2.05) is 0 Å². The highest BCUT2D eigenvalue weighted by Gasteiger charge is 2.16. The van der Waals surface area contributed by atoms with E-state index in [0.29, 0.717) is 0 Å². The molecule has 0 N–H and O–H groups in total. The maximum absolute atomic E-state index is 3.00. The number of rotatable bonds is 0. The monoisotopic (exact) mass is 360 g/mol. The molecule has 4 aromatic carbocycles. The van der Waals surface area contributed by atoms with Crippen LogP contribution >= 0.6 is 0 Å². The van der Waals surface area contributed by atoms with Gasteiger partial charge in [0.2, 0.25) is 0 Å². The summed E-state index contributed by atoms with van der Waals surface area (Å²) >= 11 is 0. The van der Waals surface area contributed by atoms with Crippen LogP contribution in [0.25, 0.3) is 22.3 Å². The number of benzene rings is 4. The molecule has 2 aliphatic rings. The van der Waals surface area contributed by atoms with Gasteiger partial charge in [0.15, 0.2) is 0 Å². The molecule has 4 aromatic rings. The van der Waals surface area contributed by atoms with Gasteiger partial charge in [-0.2, -0.15) is 0 Å². The van der Waals surface area contributed by atoms with Crippen molar-refractivity contribution in [3.8, 4) is 22.3 Å². The Morgan fingerprint density at radius 1 is 0.357 bits per heavy atom. The molecule has 28 heavy (non-hydrogen) atoms. The lowest BCUT2D eigenvalue weighted by molar-refractivity contribution is 1.26. The summed E-state index contributed by atoms with van der Waals surface area (Å²) in [4.78, 5) is 0. The highest BCUT2D eigenvalue weighted by molar-refractivity contribution is 5.77. The van der Waals surface area contributed by atoms with Crippen LogP contribution in [0.15, 0.2) is 110 Å². The molecule has 2 aliphatic carbocycles. The van der Waals surface area contributed by atoms with Crippen LogP contribution < -0.4 is 0 Å². The molecule has 0 unspecified atom stereocenters. The molecule has 0 amide bonds. The standard InChI is InChI=1S/2C13H10.C2H4/c2*1-3-7-12-10(5-1)9-11-6-2-4-8-13(11)12;1-2/h2*1-8H,9H2;1-2H2. The van der Waals surface area contributed by atoms with Crippen molar-refractivity contribution in [3.63, 3.8) is 0 Å². The number of hydrogen-bond acceptors (Lipinski definition) is 0. The molecule has 0 atom stereocenters. The van der Waals surface area contributed by atoms with Gasteiger partial charge in [-0.1, -0.05) is 97.1 Å². The molecular weight excluding hydrogens is 336 g/mol. The fourth-order valence-corrected chi connectivity index (χ4v) is 4.16. The van der Waals surface area contributed by atoms with Crippen LogP contribution in [0.1, 0.15) is 22.3 Å². The van der Waals surface area contributed by atoms with Gasteiger partial charge in [0.1, 0.15) is 0 Å². The average molecular weight is 361 g/mol. The first kappa shape index (κ1) is 18.0. The van der Waals surface area contributed by atoms with E-state index in [9.17, 15) is 0 Å². The number of hydrogen-bond donors (Lipinski definition) is 0. The van der Waals surface area contributed by atoms with Crippen LogP contribution in [0.5, 0.6) is 0 Å². The Morgan fingerprint density at radius 3 is 0.821 bits per heavy atom. The van der Waals surface area contributed by atoms with Crippen LogP contribution in [0.2, 0.25) is 0 Å². The second kappa shape index (κ2) is 8.10. The van der Waals surface area contributed by atoms with Crippen molar-refractivity contribution in [2.75, 3.05) is 0 Å². The Kier molecular flexibility index (Phi) is 5.21. The smallest absolute Gasteiger partial charge is 0.00135 e. The van der Waals surface area contributed by atoms with Gasteiger partial charge in [-0.15, -0.1) is 13.2 Å². The van der Waals surface area contributed by atoms with Crippen molar-refractivity contribution < 1.29 is 0 Å².